The lowest BCUT2D eigenvalue weighted by molar-refractivity contribution is -0.385. The van der Waals surface area contributed by atoms with Gasteiger partial charge in [-0.15, -0.1) is 0 Å². The minimum absolute atomic E-state index is 0.129. The second-order valence-corrected chi connectivity index (χ2v) is 7.40. The quantitative estimate of drug-likeness (QED) is 0.396. The van der Waals surface area contributed by atoms with E-state index in [4.69, 9.17) is 10.5 Å². The first-order valence-corrected chi connectivity index (χ1v) is 7.91. The monoisotopic (exact) mass is 337 g/mol. The Labute approximate surface area is 141 Å². The number of benzene rings is 1. The molecule has 1 aliphatic rings. The summed E-state index contributed by atoms with van der Waals surface area (Å²) in [6.45, 7) is 9.64. The number of rotatable bonds is 3. The van der Waals surface area contributed by atoms with Gasteiger partial charge in [0.2, 0.25) is 0 Å². The van der Waals surface area contributed by atoms with Gasteiger partial charge in [-0.05, 0) is 13.0 Å². The fourth-order valence-corrected chi connectivity index (χ4v) is 2.78. The molecule has 0 saturated carbocycles. The Balaban J connectivity index is 2.70. The van der Waals surface area contributed by atoms with Crippen LogP contribution in [0.1, 0.15) is 40.2 Å². The van der Waals surface area contributed by atoms with Crippen LogP contribution in [0.3, 0.4) is 0 Å². The van der Waals surface area contributed by atoms with E-state index in [0.717, 1.165) is 12.1 Å². The highest BCUT2D eigenvalue weighted by Gasteiger charge is 2.49. The average Bonchev–Trinajstić information content (AvgIpc) is 2.76. The molecule has 1 saturated heterocycles. The van der Waals surface area contributed by atoms with E-state index in [0.29, 0.717) is 5.84 Å². The molecule has 1 aromatic carbocycles. The van der Waals surface area contributed by atoms with Crippen molar-refractivity contribution >= 4 is 11.5 Å². The van der Waals surface area contributed by atoms with E-state index in [9.17, 15) is 14.5 Å². The molecule has 0 aliphatic carbocycles. The van der Waals surface area contributed by atoms with Gasteiger partial charge in [-0.1, -0.05) is 27.7 Å². The van der Waals surface area contributed by atoms with Crippen LogP contribution >= 0.6 is 0 Å². The summed E-state index contributed by atoms with van der Waals surface area (Å²) in [5, 5.41) is 11.1. The molecule has 7 heteroatoms. The van der Waals surface area contributed by atoms with Crippen LogP contribution in [-0.2, 0) is 10.3 Å². The molecule has 2 rings (SSSR count). The Hall–Kier alpha value is -2.02. The highest BCUT2D eigenvalue weighted by atomic mass is 19.1. The van der Waals surface area contributed by atoms with Crippen LogP contribution in [0.5, 0.6) is 0 Å². The van der Waals surface area contributed by atoms with E-state index in [1.165, 1.54) is 6.07 Å². The van der Waals surface area contributed by atoms with Crippen LogP contribution < -0.4 is 5.73 Å². The number of nitro benzene ring substituents is 1. The van der Waals surface area contributed by atoms with E-state index >= 15 is 0 Å². The molecule has 0 radical (unpaired) electrons. The lowest BCUT2D eigenvalue weighted by Gasteiger charge is -2.32. The molecule has 1 aromatic rings. The predicted octanol–water partition coefficient (Wildman–Crippen LogP) is 3.39. The third kappa shape index (κ3) is 3.13. The molecule has 0 unspecified atom stereocenters. The molecule has 132 valence electrons. The highest BCUT2D eigenvalue weighted by molar-refractivity contribution is 5.86. The van der Waals surface area contributed by atoms with Gasteiger partial charge in [0.1, 0.15) is 17.2 Å². The number of nitrogens with two attached hydrogens (primary N) is 1. The maximum atomic E-state index is 14.6. The van der Waals surface area contributed by atoms with Crippen molar-refractivity contribution in [2.75, 3.05) is 6.61 Å². The number of ether oxygens (including phenoxy) is 1. The number of amidine groups is 1. The van der Waals surface area contributed by atoms with Gasteiger partial charge >= 0.3 is 0 Å². The predicted molar refractivity (Wildman–Crippen MR) is 90.4 cm³/mol. The van der Waals surface area contributed by atoms with E-state index in [2.05, 4.69) is 4.99 Å². The van der Waals surface area contributed by atoms with Crippen molar-refractivity contribution in [3.05, 3.63) is 39.7 Å². The number of nitrogens with zero attached hydrogens (tertiary/aromatic N) is 2. The number of non-ortho nitro benzene ring substituents is 1. The maximum absolute atomic E-state index is 14.6. The van der Waals surface area contributed by atoms with Gasteiger partial charge in [0.25, 0.3) is 5.69 Å². The van der Waals surface area contributed by atoms with Crippen LogP contribution in [0.4, 0.5) is 10.1 Å². The fraction of sp³-hybridized carbons (Fsp3) is 0.588. The summed E-state index contributed by atoms with van der Waals surface area (Å²) < 4.78 is 20.3. The normalized spacial score (nSPS) is 28.2. The molecule has 0 aromatic heterocycles. The van der Waals surface area contributed by atoms with Gasteiger partial charge in [0.15, 0.2) is 0 Å². The molecule has 1 aliphatic heterocycles. The van der Waals surface area contributed by atoms with Crippen LogP contribution in [-0.4, -0.2) is 23.5 Å². The van der Waals surface area contributed by atoms with Crippen LogP contribution in [0, 0.1) is 27.3 Å². The van der Waals surface area contributed by atoms with Crippen LogP contribution in [0.25, 0.3) is 0 Å². The molecule has 0 amide bonds. The smallest absolute Gasteiger partial charge is 0.270 e. The lowest BCUT2D eigenvalue weighted by atomic mass is 9.78. The molecular weight excluding hydrogens is 313 g/mol. The van der Waals surface area contributed by atoms with Crippen LogP contribution in [0.15, 0.2) is 23.2 Å². The standard InChI is InChI=1S/C17H24FN3O3/c1-10-11(2)24-9-17(10,20-15(19)16(3,4)5)13-8-12(21(22)23)6-7-14(13)18/h6-8,10-11H,9H2,1-5H3,(H2,19,20)/t10-,11+,17+/m1/s1. The highest BCUT2D eigenvalue weighted by Crippen LogP contribution is 2.45. The van der Waals surface area contributed by atoms with Crippen molar-refractivity contribution in [3.63, 3.8) is 0 Å². The summed E-state index contributed by atoms with van der Waals surface area (Å²) in [7, 11) is 0. The first kappa shape index (κ1) is 18.3. The minimum atomic E-state index is -1.08. The third-order valence-electron chi connectivity index (χ3n) is 4.74. The number of aliphatic imine (C=N–C) groups is 1. The van der Waals surface area contributed by atoms with Crippen molar-refractivity contribution in [1.82, 2.24) is 0 Å². The van der Waals surface area contributed by atoms with Gasteiger partial charge in [0.05, 0.1) is 17.6 Å². The molecule has 0 spiro atoms. The largest absolute Gasteiger partial charge is 0.387 e. The first-order valence-electron chi connectivity index (χ1n) is 7.91. The molecule has 2 N–H and O–H groups in total. The fourth-order valence-electron chi connectivity index (χ4n) is 2.78. The molecule has 0 bridgehead atoms. The summed E-state index contributed by atoms with van der Waals surface area (Å²) in [4.78, 5) is 15.2. The van der Waals surface area contributed by atoms with Gasteiger partial charge in [-0.2, -0.15) is 0 Å². The lowest BCUT2D eigenvalue weighted by Crippen LogP contribution is -2.39. The average molecular weight is 337 g/mol. The minimum Gasteiger partial charge on any atom is -0.387 e. The number of hydrogen-bond acceptors (Lipinski definition) is 4. The summed E-state index contributed by atoms with van der Waals surface area (Å²) in [6.07, 6.45) is -0.166. The van der Waals surface area contributed by atoms with E-state index in [1.807, 2.05) is 34.6 Å². The Kier molecular flexibility index (Phi) is 4.68. The SMILES string of the molecule is C[C@@H]1OC[C@@](N=C(N)C(C)(C)C)(c2cc([N+](=O)[O-])ccc2F)[C@@H]1C. The zero-order valence-corrected chi connectivity index (χ0v) is 14.7. The van der Waals surface area contributed by atoms with E-state index in [1.54, 1.807) is 0 Å². The van der Waals surface area contributed by atoms with Crippen molar-refractivity contribution in [2.45, 2.75) is 46.3 Å². The Morgan fingerprint density at radius 1 is 1.46 bits per heavy atom. The Morgan fingerprint density at radius 3 is 2.54 bits per heavy atom. The molecule has 24 heavy (non-hydrogen) atoms. The zero-order chi connectivity index (χ0) is 18.3. The van der Waals surface area contributed by atoms with E-state index in [-0.39, 0.29) is 29.9 Å². The number of nitro groups is 1. The second kappa shape index (κ2) is 6.12. The van der Waals surface area contributed by atoms with Crippen molar-refractivity contribution in [3.8, 4) is 0 Å². The number of hydrogen-bond donors (Lipinski definition) is 1. The van der Waals surface area contributed by atoms with Crippen molar-refractivity contribution in [2.24, 2.45) is 22.1 Å². The second-order valence-electron chi connectivity index (χ2n) is 7.40. The summed E-state index contributed by atoms with van der Waals surface area (Å²) in [6, 6.07) is 3.49. The Bertz CT molecular complexity index is 684. The Morgan fingerprint density at radius 2 is 2.08 bits per heavy atom. The maximum Gasteiger partial charge on any atom is 0.270 e. The summed E-state index contributed by atoms with van der Waals surface area (Å²) >= 11 is 0. The number of halogens is 1. The molecule has 1 fully saturated rings. The molecule has 6 nitrogen and oxygen atoms in total. The van der Waals surface area contributed by atoms with Gasteiger partial charge in [0, 0.05) is 29.0 Å². The molecule has 3 atom stereocenters. The molecule has 1 heterocycles. The van der Waals surface area contributed by atoms with E-state index < -0.39 is 21.7 Å². The first-order chi connectivity index (χ1) is 11.0. The van der Waals surface area contributed by atoms with Gasteiger partial charge < -0.3 is 10.5 Å². The molecular formula is C17H24FN3O3. The summed E-state index contributed by atoms with van der Waals surface area (Å²) in [5.74, 6) is -0.372. The summed E-state index contributed by atoms with van der Waals surface area (Å²) in [5.41, 5.74) is 4.64. The van der Waals surface area contributed by atoms with Crippen LogP contribution in [0.2, 0.25) is 0 Å². The topological polar surface area (TPSA) is 90.8 Å². The third-order valence-corrected chi connectivity index (χ3v) is 4.74. The van der Waals surface area contributed by atoms with Crippen molar-refractivity contribution in [1.29, 1.82) is 0 Å². The van der Waals surface area contributed by atoms with Crippen molar-refractivity contribution < 1.29 is 14.1 Å². The van der Waals surface area contributed by atoms with Gasteiger partial charge in [-0.3, -0.25) is 15.1 Å². The zero-order valence-electron chi connectivity index (χ0n) is 14.7. The van der Waals surface area contributed by atoms with Gasteiger partial charge in [-0.25, -0.2) is 4.39 Å².